The van der Waals surface area contributed by atoms with E-state index in [1.165, 1.54) is 0 Å². The van der Waals surface area contributed by atoms with Crippen LogP contribution in [0.3, 0.4) is 0 Å². The Kier molecular flexibility index (Phi) is 4.96. The molecule has 2 rings (SSSR count). The zero-order valence-electron chi connectivity index (χ0n) is 11.3. The van der Waals surface area contributed by atoms with Crippen molar-refractivity contribution in [2.75, 3.05) is 6.54 Å². The van der Waals surface area contributed by atoms with Gasteiger partial charge in [0.25, 0.3) is 0 Å². The molecule has 19 heavy (non-hydrogen) atoms. The highest BCUT2D eigenvalue weighted by molar-refractivity contribution is 7.10. The molecule has 0 aromatic carbocycles. The molecule has 1 aromatic rings. The average Bonchev–Trinajstić information content (AvgIpc) is 3.07. The van der Waals surface area contributed by atoms with Gasteiger partial charge < -0.3 is 15.7 Å². The van der Waals surface area contributed by atoms with Gasteiger partial charge >= 0.3 is 0 Å². The van der Waals surface area contributed by atoms with E-state index < -0.39 is 12.1 Å². The lowest BCUT2D eigenvalue weighted by atomic mass is 10.0. The Morgan fingerprint density at radius 3 is 3.11 bits per heavy atom. The van der Waals surface area contributed by atoms with Crippen molar-refractivity contribution in [1.82, 2.24) is 4.90 Å². The van der Waals surface area contributed by atoms with Gasteiger partial charge in [0.15, 0.2) is 0 Å². The lowest BCUT2D eigenvalue weighted by Crippen LogP contribution is -2.46. The second-order valence-corrected chi connectivity index (χ2v) is 6.09. The molecule has 0 radical (unpaired) electrons. The maximum atomic E-state index is 12.2. The number of nitrogens with zero attached hydrogens (tertiary/aromatic N) is 1. The third-order valence-corrected chi connectivity index (χ3v) is 4.76. The first-order chi connectivity index (χ1) is 9.13. The lowest BCUT2D eigenvalue weighted by Gasteiger charge is -2.28. The smallest absolute Gasteiger partial charge is 0.239 e. The fourth-order valence-corrected chi connectivity index (χ4v) is 3.34. The molecule has 3 unspecified atom stereocenters. The molecule has 1 aliphatic heterocycles. The SMILES string of the molecule is CCC(N)C(=O)N1CCCC1CC(O)c1cccs1. The molecule has 0 spiro atoms. The Labute approximate surface area is 118 Å². The molecule has 4 nitrogen and oxygen atoms in total. The predicted octanol–water partition coefficient (Wildman–Crippen LogP) is 1.90. The van der Waals surface area contributed by atoms with Gasteiger partial charge in [0, 0.05) is 17.5 Å². The molecule has 1 amide bonds. The molecular formula is C14H22N2O2S. The number of nitrogens with two attached hydrogens (primary N) is 1. The first-order valence-electron chi connectivity index (χ1n) is 6.91. The monoisotopic (exact) mass is 282 g/mol. The normalized spacial score (nSPS) is 22.5. The van der Waals surface area contributed by atoms with Crippen molar-refractivity contribution in [2.45, 2.75) is 50.8 Å². The Balaban J connectivity index is 1.97. The summed E-state index contributed by atoms with van der Waals surface area (Å²) in [6, 6.07) is 3.60. The van der Waals surface area contributed by atoms with Gasteiger partial charge in [-0.3, -0.25) is 4.79 Å². The number of hydrogen-bond donors (Lipinski definition) is 2. The van der Waals surface area contributed by atoms with Crippen LogP contribution >= 0.6 is 11.3 Å². The minimum absolute atomic E-state index is 0.0309. The quantitative estimate of drug-likeness (QED) is 0.867. The van der Waals surface area contributed by atoms with Gasteiger partial charge in [0.05, 0.1) is 12.1 Å². The van der Waals surface area contributed by atoms with Crippen molar-refractivity contribution in [3.8, 4) is 0 Å². The zero-order valence-corrected chi connectivity index (χ0v) is 12.1. The molecule has 1 aromatic heterocycles. The molecule has 3 N–H and O–H groups in total. The highest BCUT2D eigenvalue weighted by Gasteiger charge is 2.32. The summed E-state index contributed by atoms with van der Waals surface area (Å²) in [4.78, 5) is 15.0. The van der Waals surface area contributed by atoms with Gasteiger partial charge in [-0.15, -0.1) is 11.3 Å². The van der Waals surface area contributed by atoms with E-state index in [-0.39, 0.29) is 11.9 Å². The van der Waals surface area contributed by atoms with Gasteiger partial charge in [-0.2, -0.15) is 0 Å². The second kappa shape index (κ2) is 6.50. The number of aliphatic hydroxyl groups is 1. The van der Waals surface area contributed by atoms with Crippen molar-refractivity contribution in [3.05, 3.63) is 22.4 Å². The van der Waals surface area contributed by atoms with Gasteiger partial charge in [-0.1, -0.05) is 13.0 Å². The van der Waals surface area contributed by atoms with Crippen LogP contribution in [-0.2, 0) is 4.79 Å². The molecule has 1 fully saturated rings. The molecule has 0 aliphatic carbocycles. The number of carbonyl (C=O) groups excluding carboxylic acids is 1. The van der Waals surface area contributed by atoms with E-state index in [0.29, 0.717) is 12.8 Å². The van der Waals surface area contributed by atoms with E-state index >= 15 is 0 Å². The maximum absolute atomic E-state index is 12.2. The molecule has 3 atom stereocenters. The van der Waals surface area contributed by atoms with Gasteiger partial charge in [0.2, 0.25) is 5.91 Å². The van der Waals surface area contributed by atoms with Crippen molar-refractivity contribution < 1.29 is 9.90 Å². The molecule has 0 bridgehead atoms. The van der Waals surface area contributed by atoms with Crippen molar-refractivity contribution in [2.24, 2.45) is 5.73 Å². The molecule has 2 heterocycles. The van der Waals surface area contributed by atoms with Crippen LogP contribution < -0.4 is 5.73 Å². The van der Waals surface area contributed by atoms with Gasteiger partial charge in [-0.05, 0) is 37.1 Å². The average molecular weight is 282 g/mol. The summed E-state index contributed by atoms with van der Waals surface area (Å²) >= 11 is 1.56. The summed E-state index contributed by atoms with van der Waals surface area (Å²) in [6.07, 6.45) is 2.77. The first kappa shape index (κ1) is 14.5. The van der Waals surface area contributed by atoms with Crippen LogP contribution in [0.25, 0.3) is 0 Å². The molecular weight excluding hydrogens is 260 g/mol. The van der Waals surface area contributed by atoms with E-state index in [1.807, 2.05) is 29.3 Å². The third kappa shape index (κ3) is 3.35. The van der Waals surface area contributed by atoms with Crippen molar-refractivity contribution >= 4 is 17.2 Å². The van der Waals surface area contributed by atoms with Crippen LogP contribution in [0.5, 0.6) is 0 Å². The van der Waals surface area contributed by atoms with Gasteiger partial charge in [0.1, 0.15) is 0 Å². The highest BCUT2D eigenvalue weighted by atomic mass is 32.1. The Bertz CT molecular complexity index is 408. The van der Waals surface area contributed by atoms with Crippen molar-refractivity contribution in [1.29, 1.82) is 0 Å². The molecule has 1 saturated heterocycles. The summed E-state index contributed by atoms with van der Waals surface area (Å²) in [7, 11) is 0. The lowest BCUT2D eigenvalue weighted by molar-refractivity contribution is -0.133. The van der Waals surface area contributed by atoms with Crippen LogP contribution in [0.15, 0.2) is 17.5 Å². The standard InChI is InChI=1S/C14H22N2O2S/c1-2-11(15)14(18)16-7-3-5-10(16)9-12(17)13-6-4-8-19-13/h4,6,8,10-12,17H,2-3,5,7,9,15H2,1H3. The fourth-order valence-electron chi connectivity index (χ4n) is 2.61. The Morgan fingerprint density at radius 2 is 2.47 bits per heavy atom. The number of carbonyl (C=O) groups is 1. The summed E-state index contributed by atoms with van der Waals surface area (Å²) in [5.41, 5.74) is 5.83. The van der Waals surface area contributed by atoms with E-state index in [4.69, 9.17) is 5.73 Å². The van der Waals surface area contributed by atoms with Crippen LogP contribution in [-0.4, -0.2) is 34.5 Å². The molecule has 106 valence electrons. The summed E-state index contributed by atoms with van der Waals surface area (Å²) in [6.45, 7) is 2.70. The second-order valence-electron chi connectivity index (χ2n) is 5.11. The van der Waals surface area contributed by atoms with E-state index in [1.54, 1.807) is 11.3 Å². The number of rotatable bonds is 5. The van der Waals surface area contributed by atoms with Crippen molar-refractivity contribution in [3.63, 3.8) is 0 Å². The minimum Gasteiger partial charge on any atom is -0.387 e. The topological polar surface area (TPSA) is 66.6 Å². The largest absolute Gasteiger partial charge is 0.387 e. The molecule has 1 aliphatic rings. The molecule has 5 heteroatoms. The van der Waals surface area contributed by atoms with Crippen LogP contribution in [0.1, 0.15) is 43.6 Å². The number of hydrogen-bond acceptors (Lipinski definition) is 4. The number of thiophene rings is 1. The summed E-state index contributed by atoms with van der Waals surface area (Å²) < 4.78 is 0. The van der Waals surface area contributed by atoms with E-state index in [2.05, 4.69) is 0 Å². The van der Waals surface area contributed by atoms with Crippen LogP contribution in [0, 0.1) is 0 Å². The van der Waals surface area contributed by atoms with E-state index in [0.717, 1.165) is 24.3 Å². The number of aliphatic hydroxyl groups excluding tert-OH is 1. The zero-order chi connectivity index (χ0) is 13.8. The maximum Gasteiger partial charge on any atom is 0.239 e. The number of amides is 1. The van der Waals surface area contributed by atoms with Gasteiger partial charge in [-0.25, -0.2) is 0 Å². The third-order valence-electron chi connectivity index (χ3n) is 3.78. The van der Waals surface area contributed by atoms with E-state index in [9.17, 15) is 9.90 Å². The minimum atomic E-state index is -0.476. The fraction of sp³-hybridized carbons (Fsp3) is 0.643. The van der Waals surface area contributed by atoms with Crippen LogP contribution in [0.2, 0.25) is 0 Å². The first-order valence-corrected chi connectivity index (χ1v) is 7.79. The Hall–Kier alpha value is -0.910. The predicted molar refractivity (Wildman–Crippen MR) is 76.9 cm³/mol. The molecule has 0 saturated carbocycles. The Morgan fingerprint density at radius 1 is 1.68 bits per heavy atom. The summed E-state index contributed by atoms with van der Waals surface area (Å²) in [5, 5.41) is 12.2. The highest BCUT2D eigenvalue weighted by Crippen LogP contribution is 2.29. The van der Waals surface area contributed by atoms with Crippen LogP contribution in [0.4, 0.5) is 0 Å². The summed E-state index contributed by atoms with van der Waals surface area (Å²) in [5.74, 6) is 0.0309. The number of likely N-dealkylation sites (tertiary alicyclic amines) is 1.